The van der Waals surface area contributed by atoms with E-state index in [1.54, 1.807) is 16.4 Å². The minimum absolute atomic E-state index is 0.00763. The summed E-state index contributed by atoms with van der Waals surface area (Å²) >= 11 is 0. The molecule has 0 saturated carbocycles. The van der Waals surface area contributed by atoms with E-state index in [4.69, 9.17) is 9.47 Å². The molecule has 2 aromatic carbocycles. The van der Waals surface area contributed by atoms with Crippen LogP contribution in [-0.2, 0) is 17.9 Å². The fourth-order valence-corrected chi connectivity index (χ4v) is 6.00. The molecule has 0 radical (unpaired) electrons. The maximum absolute atomic E-state index is 14.2. The van der Waals surface area contributed by atoms with Gasteiger partial charge in [-0.25, -0.2) is 8.78 Å². The molecule has 3 aliphatic rings. The van der Waals surface area contributed by atoms with Crippen molar-refractivity contribution in [2.75, 3.05) is 13.1 Å². The number of carbonyl (C=O) groups is 2. The zero-order valence-electron chi connectivity index (χ0n) is 23.2. The molecule has 3 aromatic rings. The van der Waals surface area contributed by atoms with Gasteiger partial charge in [0.15, 0.2) is 22.9 Å². The minimum Gasteiger partial charge on any atom is -0.483 e. The number of benzene rings is 2. The lowest BCUT2D eigenvalue weighted by molar-refractivity contribution is 0.0101. The first kappa shape index (κ1) is 27.6. The van der Waals surface area contributed by atoms with Gasteiger partial charge in [0.2, 0.25) is 5.43 Å². The van der Waals surface area contributed by atoms with Crippen LogP contribution in [0.5, 0.6) is 5.75 Å². The summed E-state index contributed by atoms with van der Waals surface area (Å²) in [5, 5.41) is 2.56. The lowest BCUT2D eigenvalue weighted by atomic mass is 9.88. The number of aromatic nitrogens is 1. The monoisotopic (exact) mass is 576 g/mol. The topological polar surface area (TPSA) is 102 Å². The zero-order valence-corrected chi connectivity index (χ0v) is 23.2. The van der Waals surface area contributed by atoms with Crippen molar-refractivity contribution in [2.45, 2.75) is 57.5 Å². The number of nitrogens with one attached hydrogen (secondary N) is 1. The molecular weight excluding hydrogens is 546 g/mol. The van der Waals surface area contributed by atoms with Crippen molar-refractivity contribution in [3.63, 3.8) is 0 Å². The summed E-state index contributed by atoms with van der Waals surface area (Å²) in [7, 11) is 0. The Balaban J connectivity index is 1.45. The smallest absolute Gasteiger partial charge is 0.274 e. The maximum Gasteiger partial charge on any atom is 0.274 e. The second kappa shape index (κ2) is 10.7. The van der Waals surface area contributed by atoms with Crippen molar-refractivity contribution in [1.29, 1.82) is 0 Å². The molecule has 2 bridgehead atoms. The summed E-state index contributed by atoms with van der Waals surface area (Å²) < 4.78 is 41.6. The Kier molecular flexibility index (Phi) is 7.04. The Bertz CT molecular complexity index is 1660. The van der Waals surface area contributed by atoms with Gasteiger partial charge in [-0.2, -0.15) is 0 Å². The van der Waals surface area contributed by atoms with Crippen LogP contribution in [0.3, 0.4) is 0 Å². The van der Waals surface area contributed by atoms with Crippen molar-refractivity contribution >= 4 is 17.7 Å². The van der Waals surface area contributed by atoms with Crippen LogP contribution in [-0.4, -0.2) is 51.9 Å². The third-order valence-corrected chi connectivity index (χ3v) is 8.33. The molecule has 1 fully saturated rings. The van der Waals surface area contributed by atoms with Gasteiger partial charge in [0.05, 0.1) is 12.6 Å². The van der Waals surface area contributed by atoms with Gasteiger partial charge >= 0.3 is 0 Å². The minimum atomic E-state index is -0.821. The van der Waals surface area contributed by atoms with E-state index in [9.17, 15) is 23.2 Å². The van der Waals surface area contributed by atoms with E-state index >= 15 is 0 Å². The normalized spacial score (nSPS) is 22.7. The quantitative estimate of drug-likeness (QED) is 0.478. The lowest BCUT2D eigenvalue weighted by Crippen LogP contribution is -2.53. The van der Waals surface area contributed by atoms with E-state index < -0.39 is 34.6 Å². The highest BCUT2D eigenvalue weighted by molar-refractivity contribution is 5.99. The number of aliphatic imine (C=N–C) groups is 1. The molecule has 3 atom stereocenters. The molecule has 3 aliphatic heterocycles. The SMILES string of the molecule is CC1=NCC2(CC[C@H](C)N3C[C@H]2n2cc(C(=O)NCc4ccc(F)cc4F)c(=O)c(OCc4ccccc4)c2C3=O)O1. The fraction of sp³-hybridized carbons (Fsp3) is 0.355. The third kappa shape index (κ3) is 4.82. The summed E-state index contributed by atoms with van der Waals surface area (Å²) in [4.78, 5) is 47.5. The third-order valence-electron chi connectivity index (χ3n) is 8.33. The highest BCUT2D eigenvalue weighted by Gasteiger charge is 2.53. The maximum atomic E-state index is 14.2. The van der Waals surface area contributed by atoms with E-state index in [1.807, 2.05) is 37.3 Å². The lowest BCUT2D eigenvalue weighted by Gasteiger charge is -2.42. The number of hydrogen-bond acceptors (Lipinski definition) is 6. The average Bonchev–Trinajstić information content (AvgIpc) is 3.31. The van der Waals surface area contributed by atoms with E-state index in [0.717, 1.165) is 17.7 Å². The second-order valence-electron chi connectivity index (χ2n) is 11.0. The number of halogens is 2. The molecule has 9 nitrogen and oxygen atoms in total. The number of amides is 2. The van der Waals surface area contributed by atoms with Crippen LogP contribution >= 0.6 is 0 Å². The molecule has 11 heteroatoms. The summed E-state index contributed by atoms with van der Waals surface area (Å²) in [5.41, 5.74) is -0.935. The van der Waals surface area contributed by atoms with Crippen molar-refractivity contribution in [3.8, 4) is 5.75 Å². The number of fused-ring (bicyclic) bond motifs is 5. The molecule has 1 spiro atoms. The molecule has 1 saturated heterocycles. The second-order valence-corrected chi connectivity index (χ2v) is 11.0. The van der Waals surface area contributed by atoms with Gasteiger partial charge < -0.3 is 24.3 Å². The number of ether oxygens (including phenoxy) is 2. The molecular formula is C31H30F2N4O5. The van der Waals surface area contributed by atoms with Gasteiger partial charge in [-0.15, -0.1) is 0 Å². The van der Waals surface area contributed by atoms with Crippen LogP contribution in [0.4, 0.5) is 8.78 Å². The van der Waals surface area contributed by atoms with Crippen LogP contribution in [0.15, 0.2) is 64.5 Å². The number of carbonyl (C=O) groups excluding carboxylic acids is 2. The van der Waals surface area contributed by atoms with Crippen LogP contribution in [0.1, 0.15) is 64.7 Å². The van der Waals surface area contributed by atoms with Crippen molar-refractivity contribution in [1.82, 2.24) is 14.8 Å². The first-order chi connectivity index (χ1) is 20.2. The zero-order chi connectivity index (χ0) is 29.6. The molecule has 1 unspecified atom stereocenters. The Morgan fingerprint density at radius 3 is 2.69 bits per heavy atom. The van der Waals surface area contributed by atoms with Crippen molar-refractivity contribution < 1.29 is 27.8 Å². The number of rotatable bonds is 6. The highest BCUT2D eigenvalue weighted by atomic mass is 19.1. The summed E-state index contributed by atoms with van der Waals surface area (Å²) in [6.45, 7) is 4.13. The number of hydrogen-bond donors (Lipinski definition) is 1. The predicted molar refractivity (Wildman–Crippen MR) is 150 cm³/mol. The summed E-state index contributed by atoms with van der Waals surface area (Å²) in [6.07, 6.45) is 2.65. The van der Waals surface area contributed by atoms with Crippen LogP contribution < -0.4 is 15.5 Å². The number of pyridine rings is 1. The predicted octanol–water partition coefficient (Wildman–Crippen LogP) is 4.00. The van der Waals surface area contributed by atoms with Gasteiger partial charge in [0.1, 0.15) is 23.8 Å². The van der Waals surface area contributed by atoms with E-state index in [1.165, 1.54) is 12.3 Å². The Morgan fingerprint density at radius 2 is 1.98 bits per heavy atom. The van der Waals surface area contributed by atoms with E-state index in [-0.39, 0.29) is 47.7 Å². The average molecular weight is 577 g/mol. The first-order valence-corrected chi connectivity index (χ1v) is 13.9. The van der Waals surface area contributed by atoms with E-state index in [2.05, 4.69) is 10.3 Å². The molecule has 4 heterocycles. The molecule has 1 N–H and O–H groups in total. The van der Waals surface area contributed by atoms with Gasteiger partial charge in [-0.3, -0.25) is 19.4 Å². The van der Waals surface area contributed by atoms with Crippen LogP contribution in [0.2, 0.25) is 0 Å². The largest absolute Gasteiger partial charge is 0.483 e. The van der Waals surface area contributed by atoms with Gasteiger partial charge in [0, 0.05) is 43.9 Å². The fourth-order valence-electron chi connectivity index (χ4n) is 6.00. The van der Waals surface area contributed by atoms with Crippen LogP contribution in [0.25, 0.3) is 0 Å². The Hall–Kier alpha value is -4.54. The molecule has 218 valence electrons. The molecule has 0 aliphatic carbocycles. The van der Waals surface area contributed by atoms with Gasteiger partial charge in [-0.05, 0) is 31.4 Å². The standard InChI is InChI=1S/C31H30F2N4O5/c1-18-10-11-31(17-35-19(2)42-31)25-15-36(18)30(40)26-28(41-16-20-6-4-3-5-7-20)27(38)23(14-37(25)26)29(39)34-13-21-8-9-22(32)12-24(21)33/h3-9,12,14,18,25H,10-11,13,15-17H2,1-2H3,(H,34,39)/t18-,25+,31?/m0/s1. The molecule has 1 aromatic heterocycles. The summed E-state index contributed by atoms with van der Waals surface area (Å²) in [5.74, 6) is -2.41. The van der Waals surface area contributed by atoms with Crippen LogP contribution in [0, 0.1) is 11.6 Å². The molecule has 6 rings (SSSR count). The Morgan fingerprint density at radius 1 is 1.19 bits per heavy atom. The summed E-state index contributed by atoms with van der Waals surface area (Å²) in [6, 6.07) is 11.6. The van der Waals surface area contributed by atoms with E-state index in [0.29, 0.717) is 31.8 Å². The highest BCUT2D eigenvalue weighted by Crippen LogP contribution is 2.44. The first-order valence-electron chi connectivity index (χ1n) is 13.9. The van der Waals surface area contributed by atoms with Crippen molar-refractivity contribution in [2.24, 2.45) is 4.99 Å². The molecule has 42 heavy (non-hydrogen) atoms. The van der Waals surface area contributed by atoms with Gasteiger partial charge in [0.25, 0.3) is 11.8 Å². The molecule has 2 amide bonds. The number of nitrogens with zero attached hydrogens (tertiary/aromatic N) is 3. The van der Waals surface area contributed by atoms with Crippen molar-refractivity contribution in [3.05, 3.63) is 99.0 Å². The van der Waals surface area contributed by atoms with Gasteiger partial charge in [-0.1, -0.05) is 36.4 Å². The Labute approximate surface area is 240 Å².